The van der Waals surface area contributed by atoms with Crippen LogP contribution in [0.25, 0.3) is 0 Å². The van der Waals surface area contributed by atoms with Crippen LogP contribution < -0.4 is 0 Å². The molecule has 0 aliphatic carbocycles. The number of aryl methyl sites for hydroxylation is 2. The second-order valence-corrected chi connectivity index (χ2v) is 3.23. The Bertz CT molecular complexity index is 253. The Morgan fingerprint density at radius 2 is 1.83 bits per heavy atom. The molecule has 0 aromatic heterocycles. The molecule has 1 aromatic rings. The van der Waals surface area contributed by atoms with Gasteiger partial charge in [-0.1, -0.05) is 37.1 Å². The fraction of sp³-hybridized carbons (Fsp3) is 0.455. The van der Waals surface area contributed by atoms with E-state index in [0.29, 0.717) is 0 Å². The van der Waals surface area contributed by atoms with Gasteiger partial charge in [-0.25, -0.2) is 0 Å². The van der Waals surface area contributed by atoms with Gasteiger partial charge >= 0.3 is 0 Å². The maximum Gasteiger partial charge on any atom is 0.0682 e. The van der Waals surface area contributed by atoms with Gasteiger partial charge in [-0.15, -0.1) is 0 Å². The van der Waals surface area contributed by atoms with Gasteiger partial charge in [-0.3, -0.25) is 0 Å². The monoisotopic (exact) mass is 164 g/mol. The zero-order valence-electron chi connectivity index (χ0n) is 7.80. The smallest absolute Gasteiger partial charge is 0.0682 e. The first-order valence-corrected chi connectivity index (χ1v) is 4.46. The second-order valence-electron chi connectivity index (χ2n) is 3.23. The Morgan fingerprint density at radius 1 is 1.17 bits per heavy atom. The lowest BCUT2D eigenvalue weighted by atomic mass is 10.0. The van der Waals surface area contributed by atoms with Gasteiger partial charge in [0.25, 0.3) is 0 Å². The van der Waals surface area contributed by atoms with E-state index in [1.165, 1.54) is 11.1 Å². The topological polar surface area (TPSA) is 20.2 Å². The lowest BCUT2D eigenvalue weighted by Gasteiger charge is -2.03. The summed E-state index contributed by atoms with van der Waals surface area (Å²) in [6, 6.07) is 6.29. The largest absolute Gasteiger partial charge is 0.392 e. The summed E-state index contributed by atoms with van der Waals surface area (Å²) in [5.74, 6) is 0. The van der Waals surface area contributed by atoms with Gasteiger partial charge in [0.2, 0.25) is 0 Å². The molecule has 0 heterocycles. The molecule has 1 rings (SSSR count). The molecule has 12 heavy (non-hydrogen) atoms. The molecular formula is C11H16O. The third-order valence-corrected chi connectivity index (χ3v) is 1.92. The van der Waals surface area contributed by atoms with Crippen LogP contribution in [0.5, 0.6) is 0 Å². The van der Waals surface area contributed by atoms with Crippen molar-refractivity contribution in [2.75, 3.05) is 0 Å². The zero-order chi connectivity index (χ0) is 8.97. The van der Waals surface area contributed by atoms with Crippen LogP contribution in [0.3, 0.4) is 0 Å². The van der Waals surface area contributed by atoms with Gasteiger partial charge in [0, 0.05) is 0 Å². The van der Waals surface area contributed by atoms with Crippen molar-refractivity contribution in [3.8, 4) is 0 Å². The summed E-state index contributed by atoms with van der Waals surface area (Å²) in [6.07, 6.45) is 2.27. The van der Waals surface area contributed by atoms with Gasteiger partial charge in [-0.2, -0.15) is 0 Å². The lowest BCUT2D eigenvalue weighted by Crippen LogP contribution is -1.90. The van der Waals surface area contributed by atoms with Crippen molar-refractivity contribution in [2.24, 2.45) is 0 Å². The fourth-order valence-corrected chi connectivity index (χ4v) is 1.47. The number of aliphatic hydroxyl groups excluding tert-OH is 1. The summed E-state index contributed by atoms with van der Waals surface area (Å²) in [5, 5.41) is 8.95. The number of rotatable bonds is 3. The molecule has 0 bridgehead atoms. The lowest BCUT2D eigenvalue weighted by molar-refractivity contribution is 0.281. The molecule has 0 amide bonds. The number of hydrogen-bond acceptors (Lipinski definition) is 1. The maximum absolute atomic E-state index is 8.95. The molecule has 0 unspecified atom stereocenters. The highest BCUT2D eigenvalue weighted by atomic mass is 16.3. The summed E-state index contributed by atoms with van der Waals surface area (Å²) >= 11 is 0. The molecule has 0 radical (unpaired) electrons. The summed E-state index contributed by atoms with van der Waals surface area (Å²) < 4.78 is 0. The van der Waals surface area contributed by atoms with Crippen LogP contribution in [-0.4, -0.2) is 5.11 Å². The molecule has 0 fully saturated rings. The Morgan fingerprint density at radius 3 is 2.42 bits per heavy atom. The minimum atomic E-state index is 0.151. The summed E-state index contributed by atoms with van der Waals surface area (Å²) in [6.45, 7) is 4.39. The molecule has 0 spiro atoms. The SMILES string of the molecule is CCCc1cc(C)cc(CO)c1. The predicted molar refractivity (Wildman–Crippen MR) is 51.1 cm³/mol. The van der Waals surface area contributed by atoms with Gasteiger partial charge < -0.3 is 5.11 Å². The Balaban J connectivity index is 2.90. The van der Waals surface area contributed by atoms with Gasteiger partial charge in [-0.05, 0) is 24.5 Å². The molecule has 1 heteroatoms. The van der Waals surface area contributed by atoms with Crippen LogP contribution >= 0.6 is 0 Å². The number of hydrogen-bond donors (Lipinski definition) is 1. The summed E-state index contributed by atoms with van der Waals surface area (Å²) in [5.41, 5.74) is 3.60. The molecule has 0 aliphatic rings. The highest BCUT2D eigenvalue weighted by molar-refractivity contribution is 5.29. The van der Waals surface area contributed by atoms with Crippen molar-refractivity contribution in [3.05, 3.63) is 34.9 Å². The highest BCUT2D eigenvalue weighted by Gasteiger charge is 1.96. The van der Waals surface area contributed by atoms with Crippen LogP contribution in [0.2, 0.25) is 0 Å². The standard InChI is InChI=1S/C11H16O/c1-3-4-10-5-9(2)6-11(7-10)8-12/h5-7,12H,3-4,8H2,1-2H3. The van der Waals surface area contributed by atoms with E-state index in [4.69, 9.17) is 5.11 Å². The van der Waals surface area contributed by atoms with E-state index < -0.39 is 0 Å². The third kappa shape index (κ3) is 2.35. The fourth-order valence-electron chi connectivity index (χ4n) is 1.47. The summed E-state index contributed by atoms with van der Waals surface area (Å²) in [4.78, 5) is 0. The molecule has 0 atom stereocenters. The van der Waals surface area contributed by atoms with Crippen LogP contribution in [0.1, 0.15) is 30.0 Å². The highest BCUT2D eigenvalue weighted by Crippen LogP contribution is 2.11. The zero-order valence-corrected chi connectivity index (χ0v) is 7.80. The minimum absolute atomic E-state index is 0.151. The van der Waals surface area contributed by atoms with Gasteiger partial charge in [0.15, 0.2) is 0 Å². The molecule has 1 aromatic carbocycles. The van der Waals surface area contributed by atoms with Crippen molar-refractivity contribution in [1.82, 2.24) is 0 Å². The number of aliphatic hydroxyl groups is 1. The molecule has 0 aliphatic heterocycles. The molecule has 1 N–H and O–H groups in total. The minimum Gasteiger partial charge on any atom is -0.392 e. The van der Waals surface area contributed by atoms with Crippen molar-refractivity contribution in [3.63, 3.8) is 0 Å². The van der Waals surface area contributed by atoms with Crippen molar-refractivity contribution >= 4 is 0 Å². The van der Waals surface area contributed by atoms with E-state index in [0.717, 1.165) is 18.4 Å². The predicted octanol–water partition coefficient (Wildman–Crippen LogP) is 2.44. The second kappa shape index (κ2) is 4.27. The van der Waals surface area contributed by atoms with E-state index >= 15 is 0 Å². The Hall–Kier alpha value is -0.820. The van der Waals surface area contributed by atoms with Crippen LogP contribution in [0.15, 0.2) is 18.2 Å². The van der Waals surface area contributed by atoms with E-state index in [9.17, 15) is 0 Å². The van der Waals surface area contributed by atoms with Crippen molar-refractivity contribution in [2.45, 2.75) is 33.3 Å². The quantitative estimate of drug-likeness (QED) is 0.727. The first-order chi connectivity index (χ1) is 5.76. The normalized spacial score (nSPS) is 10.2. The van der Waals surface area contributed by atoms with Gasteiger partial charge in [0.05, 0.1) is 6.61 Å². The van der Waals surface area contributed by atoms with E-state index in [1.807, 2.05) is 6.07 Å². The Labute approximate surface area is 74.1 Å². The molecule has 0 saturated heterocycles. The van der Waals surface area contributed by atoms with Crippen molar-refractivity contribution < 1.29 is 5.11 Å². The first kappa shape index (κ1) is 9.27. The number of benzene rings is 1. The van der Waals surface area contributed by atoms with Gasteiger partial charge in [0.1, 0.15) is 0 Å². The van der Waals surface area contributed by atoms with Crippen molar-refractivity contribution in [1.29, 1.82) is 0 Å². The van der Waals surface area contributed by atoms with Crippen LogP contribution in [-0.2, 0) is 13.0 Å². The molecular weight excluding hydrogens is 148 g/mol. The van der Waals surface area contributed by atoms with Crippen LogP contribution in [0, 0.1) is 6.92 Å². The van der Waals surface area contributed by atoms with Crippen LogP contribution in [0.4, 0.5) is 0 Å². The van der Waals surface area contributed by atoms with E-state index in [1.54, 1.807) is 0 Å². The average Bonchev–Trinajstić information content (AvgIpc) is 2.04. The van der Waals surface area contributed by atoms with E-state index in [2.05, 4.69) is 26.0 Å². The molecule has 0 saturated carbocycles. The first-order valence-electron chi connectivity index (χ1n) is 4.46. The average molecular weight is 164 g/mol. The molecule has 66 valence electrons. The maximum atomic E-state index is 8.95. The Kier molecular flexibility index (Phi) is 3.30. The third-order valence-electron chi connectivity index (χ3n) is 1.92. The summed E-state index contributed by atoms with van der Waals surface area (Å²) in [7, 11) is 0. The van der Waals surface area contributed by atoms with E-state index in [-0.39, 0.29) is 6.61 Å². The molecule has 1 nitrogen and oxygen atoms in total.